The largest absolute Gasteiger partial charge is 0.417 e. The van der Waals surface area contributed by atoms with Crippen LogP contribution in [0.1, 0.15) is 50.5 Å². The number of halogens is 3. The van der Waals surface area contributed by atoms with Gasteiger partial charge in [-0.3, -0.25) is 4.79 Å². The summed E-state index contributed by atoms with van der Waals surface area (Å²) < 4.78 is 72.6. The maximum Gasteiger partial charge on any atom is 0.417 e. The summed E-state index contributed by atoms with van der Waals surface area (Å²) >= 11 is 0. The summed E-state index contributed by atoms with van der Waals surface area (Å²) in [5.74, 6) is -1.30. The number of alkyl halides is 3. The number of hydrogen-bond donors (Lipinski definition) is 1. The molecule has 3 saturated carbocycles. The van der Waals surface area contributed by atoms with E-state index in [1.807, 2.05) is 0 Å². The van der Waals surface area contributed by atoms with Gasteiger partial charge in [0.25, 0.3) is 0 Å². The van der Waals surface area contributed by atoms with E-state index in [4.69, 9.17) is 4.74 Å². The van der Waals surface area contributed by atoms with Crippen molar-refractivity contribution in [3.8, 4) is 6.07 Å². The van der Waals surface area contributed by atoms with Gasteiger partial charge in [0.15, 0.2) is 9.84 Å². The van der Waals surface area contributed by atoms with Gasteiger partial charge in [-0.25, -0.2) is 8.42 Å². The first-order valence-corrected chi connectivity index (χ1v) is 11.9. The fraction of sp³-hybridized carbons (Fsp3) is 0.619. The summed E-state index contributed by atoms with van der Waals surface area (Å²) in [6, 6.07) is 6.17. The molecule has 0 aromatic heterocycles. The highest BCUT2D eigenvalue weighted by atomic mass is 32.2. The van der Waals surface area contributed by atoms with Crippen molar-refractivity contribution in [1.82, 2.24) is 5.32 Å². The van der Waals surface area contributed by atoms with Gasteiger partial charge in [0.1, 0.15) is 5.54 Å². The number of ether oxygens (including phenoxy) is 1. The maximum atomic E-state index is 13.4. The number of carbonyl (C=O) groups excluding carboxylic acids is 1. The van der Waals surface area contributed by atoms with Crippen LogP contribution >= 0.6 is 0 Å². The monoisotopic (exact) mass is 456 g/mol. The van der Waals surface area contributed by atoms with Crippen molar-refractivity contribution in [2.24, 2.45) is 5.92 Å². The molecule has 1 amide bonds. The summed E-state index contributed by atoms with van der Waals surface area (Å²) in [5.41, 5.74) is -2.13. The highest BCUT2D eigenvalue weighted by molar-refractivity contribution is 7.92. The maximum absolute atomic E-state index is 13.4. The van der Waals surface area contributed by atoms with E-state index in [-0.39, 0.29) is 18.9 Å². The number of rotatable bonds is 6. The van der Waals surface area contributed by atoms with Crippen molar-refractivity contribution in [3.05, 3.63) is 29.8 Å². The molecule has 0 aliphatic heterocycles. The molecule has 4 rings (SSSR count). The quantitative estimate of drug-likeness (QED) is 0.708. The number of benzene rings is 1. The van der Waals surface area contributed by atoms with Crippen LogP contribution in [0.25, 0.3) is 0 Å². The standard InChI is InChI=1S/C21H23F3N2O4S/c22-21(23,24)16-6-1-2-7-18(16)31(28,29)14-10-15(17(11-14)30-13-4-3-5-13)19(27)26-20(12-25)8-9-20/h1-2,6-7,13-15,17H,3-5,8-11H2,(H,26,27)/t14-,15-,17-/m1/s1. The molecule has 6 nitrogen and oxygen atoms in total. The van der Waals surface area contributed by atoms with Crippen LogP contribution in [0.2, 0.25) is 0 Å². The van der Waals surface area contributed by atoms with Crippen LogP contribution in [0.5, 0.6) is 0 Å². The average molecular weight is 456 g/mol. The third kappa shape index (κ3) is 4.30. The molecule has 1 N–H and O–H groups in total. The predicted octanol–water partition coefficient (Wildman–Crippen LogP) is 3.37. The molecule has 3 fully saturated rings. The highest BCUT2D eigenvalue weighted by Gasteiger charge is 2.51. The Hall–Kier alpha value is -2.12. The van der Waals surface area contributed by atoms with Gasteiger partial charge in [-0.1, -0.05) is 12.1 Å². The zero-order valence-electron chi connectivity index (χ0n) is 16.7. The van der Waals surface area contributed by atoms with Gasteiger partial charge in [0, 0.05) is 0 Å². The summed E-state index contributed by atoms with van der Waals surface area (Å²) in [7, 11) is -4.35. The van der Waals surface area contributed by atoms with Gasteiger partial charge >= 0.3 is 6.18 Å². The van der Waals surface area contributed by atoms with Gasteiger partial charge in [-0.05, 0) is 57.1 Å². The third-order valence-electron chi connectivity index (χ3n) is 6.48. The van der Waals surface area contributed by atoms with Crippen molar-refractivity contribution in [3.63, 3.8) is 0 Å². The predicted molar refractivity (Wildman–Crippen MR) is 103 cm³/mol. The van der Waals surface area contributed by atoms with Crippen LogP contribution in [-0.4, -0.2) is 37.3 Å². The first kappa shape index (κ1) is 22.1. The SMILES string of the molecule is N#CC1(NC(=O)[C@@H]2C[C@@H](S(=O)(=O)c3ccccc3C(F)(F)F)C[C@H]2OC2CCC2)CC1. The Morgan fingerprint density at radius 3 is 2.42 bits per heavy atom. The number of sulfone groups is 1. The molecule has 31 heavy (non-hydrogen) atoms. The van der Waals surface area contributed by atoms with Crippen LogP contribution in [0.3, 0.4) is 0 Å². The summed E-state index contributed by atoms with van der Waals surface area (Å²) in [6.45, 7) is 0. The van der Waals surface area contributed by atoms with Gasteiger partial charge in [-0.15, -0.1) is 0 Å². The molecular formula is C21H23F3N2O4S. The van der Waals surface area contributed by atoms with Gasteiger partial charge in [0.2, 0.25) is 5.91 Å². The van der Waals surface area contributed by atoms with E-state index in [0.717, 1.165) is 37.5 Å². The molecule has 3 aliphatic rings. The summed E-state index contributed by atoms with van der Waals surface area (Å²) in [6.07, 6.45) is -2.15. The number of nitrogens with one attached hydrogen (secondary N) is 1. The Morgan fingerprint density at radius 1 is 1.19 bits per heavy atom. The number of carbonyl (C=O) groups is 1. The smallest absolute Gasteiger partial charge is 0.374 e. The number of hydrogen-bond acceptors (Lipinski definition) is 5. The normalized spacial score (nSPS) is 27.9. The van der Waals surface area contributed by atoms with Gasteiger partial charge in [0.05, 0.1) is 39.9 Å². The Labute approximate surface area is 178 Å². The van der Waals surface area contributed by atoms with E-state index in [9.17, 15) is 31.6 Å². The van der Waals surface area contributed by atoms with Crippen LogP contribution < -0.4 is 5.32 Å². The molecule has 0 bridgehead atoms. The van der Waals surface area contributed by atoms with Crippen molar-refractivity contribution < 1.29 is 31.1 Å². The minimum Gasteiger partial charge on any atom is -0.374 e. The molecule has 3 atom stereocenters. The Kier molecular flexibility index (Phi) is 5.54. The number of nitrogens with zero attached hydrogens (tertiary/aromatic N) is 1. The lowest BCUT2D eigenvalue weighted by Gasteiger charge is -2.31. The third-order valence-corrected chi connectivity index (χ3v) is 8.71. The molecule has 0 radical (unpaired) electrons. The highest BCUT2D eigenvalue weighted by Crippen LogP contribution is 2.43. The lowest BCUT2D eigenvalue weighted by Crippen LogP contribution is -2.43. The zero-order valence-corrected chi connectivity index (χ0v) is 17.5. The second kappa shape index (κ2) is 7.78. The topological polar surface area (TPSA) is 96.3 Å². The molecule has 0 heterocycles. The van der Waals surface area contributed by atoms with Crippen LogP contribution in [0.4, 0.5) is 13.2 Å². The average Bonchev–Trinajstić information content (AvgIpc) is 3.31. The lowest BCUT2D eigenvalue weighted by atomic mass is 9.95. The Bertz CT molecular complexity index is 1010. The van der Waals surface area contributed by atoms with E-state index < -0.39 is 55.2 Å². The lowest BCUT2D eigenvalue weighted by molar-refractivity contribution is -0.140. The van der Waals surface area contributed by atoms with E-state index in [2.05, 4.69) is 11.4 Å². The van der Waals surface area contributed by atoms with E-state index >= 15 is 0 Å². The van der Waals surface area contributed by atoms with E-state index in [1.54, 1.807) is 0 Å². The van der Waals surface area contributed by atoms with Crippen molar-refractivity contribution >= 4 is 15.7 Å². The minimum atomic E-state index is -4.81. The summed E-state index contributed by atoms with van der Waals surface area (Å²) in [4.78, 5) is 12.1. The van der Waals surface area contributed by atoms with Crippen LogP contribution in [0, 0.1) is 17.2 Å². The van der Waals surface area contributed by atoms with Crippen LogP contribution in [-0.2, 0) is 25.5 Å². The van der Waals surface area contributed by atoms with Gasteiger partial charge in [-0.2, -0.15) is 18.4 Å². The molecule has 168 valence electrons. The molecule has 0 saturated heterocycles. The van der Waals surface area contributed by atoms with E-state index in [0.29, 0.717) is 12.8 Å². The minimum absolute atomic E-state index is 0.0529. The Balaban J connectivity index is 1.60. The van der Waals surface area contributed by atoms with Gasteiger partial charge < -0.3 is 10.1 Å². The van der Waals surface area contributed by atoms with Crippen LogP contribution in [0.15, 0.2) is 29.2 Å². The zero-order chi connectivity index (χ0) is 22.4. The molecule has 1 aromatic rings. The second-order valence-corrected chi connectivity index (χ2v) is 10.8. The number of amides is 1. The number of nitriles is 1. The molecule has 1 aromatic carbocycles. The van der Waals surface area contributed by atoms with Crippen molar-refractivity contribution in [2.75, 3.05) is 0 Å². The van der Waals surface area contributed by atoms with E-state index in [1.165, 1.54) is 6.07 Å². The Morgan fingerprint density at radius 2 is 1.87 bits per heavy atom. The molecular weight excluding hydrogens is 433 g/mol. The molecule has 0 spiro atoms. The summed E-state index contributed by atoms with van der Waals surface area (Å²) in [5, 5.41) is 10.8. The van der Waals surface area contributed by atoms with Crippen molar-refractivity contribution in [1.29, 1.82) is 5.26 Å². The first-order valence-electron chi connectivity index (χ1n) is 10.3. The molecule has 0 unspecified atom stereocenters. The fourth-order valence-corrected chi connectivity index (χ4v) is 6.26. The second-order valence-electron chi connectivity index (χ2n) is 8.65. The van der Waals surface area contributed by atoms with Crippen molar-refractivity contribution in [2.45, 2.75) is 79.0 Å². The molecule has 3 aliphatic carbocycles. The molecule has 10 heteroatoms. The fourth-order valence-electron chi connectivity index (χ4n) is 4.24. The first-order chi connectivity index (χ1) is 14.6.